The van der Waals surface area contributed by atoms with Gasteiger partial charge in [0, 0.05) is 31.4 Å². The Labute approximate surface area is 102 Å². The molecule has 16 heavy (non-hydrogen) atoms. The molecule has 4 nitrogen and oxygen atoms in total. The summed E-state index contributed by atoms with van der Waals surface area (Å²) >= 11 is 0. The van der Waals surface area contributed by atoms with Crippen molar-refractivity contribution >= 4 is 18.3 Å². The number of hydrogen-bond acceptors (Lipinski definition) is 3. The van der Waals surface area contributed by atoms with Gasteiger partial charge in [0.1, 0.15) is 0 Å². The molecule has 90 valence electrons. The molecule has 0 fully saturated rings. The Balaban J connectivity index is 0.00000225. The fourth-order valence-corrected chi connectivity index (χ4v) is 1.16. The molecule has 0 atom stereocenters. The number of hydrogen-bond donors (Lipinski definition) is 1. The van der Waals surface area contributed by atoms with E-state index in [9.17, 15) is 4.79 Å². The normalized spacial score (nSPS) is 9.81. The molecular formula is C11H18ClN3O. The van der Waals surface area contributed by atoms with Crippen LogP contribution in [0.25, 0.3) is 0 Å². The molecule has 0 aromatic carbocycles. The van der Waals surface area contributed by atoms with Gasteiger partial charge in [-0.05, 0) is 26.0 Å². The lowest BCUT2D eigenvalue weighted by atomic mass is 10.2. The molecule has 0 aliphatic heterocycles. The highest BCUT2D eigenvalue weighted by Crippen LogP contribution is 2.07. The zero-order chi connectivity index (χ0) is 11.4. The number of pyridine rings is 1. The van der Waals surface area contributed by atoms with Gasteiger partial charge in [0.05, 0.1) is 5.69 Å². The Bertz CT molecular complexity index is 355. The van der Waals surface area contributed by atoms with E-state index >= 15 is 0 Å². The molecule has 0 unspecified atom stereocenters. The Morgan fingerprint density at radius 1 is 1.56 bits per heavy atom. The third kappa shape index (κ3) is 3.47. The summed E-state index contributed by atoms with van der Waals surface area (Å²) in [5.74, 6) is 0.00194. The first-order valence-corrected chi connectivity index (χ1v) is 4.98. The van der Waals surface area contributed by atoms with Crippen LogP contribution in [0.1, 0.15) is 29.9 Å². The predicted octanol–water partition coefficient (Wildman–Crippen LogP) is 1.44. The summed E-state index contributed by atoms with van der Waals surface area (Å²) in [6.45, 7) is 4.30. The van der Waals surface area contributed by atoms with Crippen LogP contribution < -0.4 is 5.73 Å². The van der Waals surface area contributed by atoms with Gasteiger partial charge in [0.2, 0.25) is 0 Å². The minimum atomic E-state index is 0. The van der Waals surface area contributed by atoms with Crippen LogP contribution in [0.2, 0.25) is 0 Å². The van der Waals surface area contributed by atoms with Crippen LogP contribution in [0.4, 0.5) is 0 Å². The number of rotatable bonds is 3. The smallest absolute Gasteiger partial charge is 0.253 e. The van der Waals surface area contributed by atoms with Crippen LogP contribution in [0.5, 0.6) is 0 Å². The number of amides is 1. The highest BCUT2D eigenvalue weighted by atomic mass is 35.5. The van der Waals surface area contributed by atoms with E-state index in [-0.39, 0.29) is 24.4 Å². The SMILES string of the molecule is CC(C)N(C)C(=O)c1ccnc(CN)c1.Cl. The Morgan fingerprint density at radius 2 is 2.19 bits per heavy atom. The minimum absolute atomic E-state index is 0. The summed E-state index contributed by atoms with van der Waals surface area (Å²) in [7, 11) is 1.79. The van der Waals surface area contributed by atoms with Crippen LogP contribution in [0, 0.1) is 0 Å². The summed E-state index contributed by atoms with van der Waals surface area (Å²) in [4.78, 5) is 17.7. The monoisotopic (exact) mass is 243 g/mol. The highest BCUT2D eigenvalue weighted by molar-refractivity contribution is 5.94. The Kier molecular flexibility index (Phi) is 6.00. The van der Waals surface area contributed by atoms with Crippen LogP contribution in [0.15, 0.2) is 18.3 Å². The highest BCUT2D eigenvalue weighted by Gasteiger charge is 2.14. The lowest BCUT2D eigenvalue weighted by molar-refractivity contribution is 0.0754. The molecule has 0 saturated heterocycles. The topological polar surface area (TPSA) is 59.2 Å². The zero-order valence-electron chi connectivity index (χ0n) is 9.80. The average molecular weight is 244 g/mol. The van der Waals surface area contributed by atoms with Crippen molar-refractivity contribution in [3.05, 3.63) is 29.6 Å². The van der Waals surface area contributed by atoms with Crippen LogP contribution in [0.3, 0.4) is 0 Å². The second-order valence-electron chi connectivity index (χ2n) is 3.75. The molecule has 1 rings (SSSR count). The summed E-state index contributed by atoms with van der Waals surface area (Å²) in [6.07, 6.45) is 1.61. The first-order valence-electron chi connectivity index (χ1n) is 4.98. The van der Waals surface area contributed by atoms with E-state index in [0.29, 0.717) is 12.1 Å². The summed E-state index contributed by atoms with van der Waals surface area (Å²) in [5.41, 5.74) is 6.84. The van der Waals surface area contributed by atoms with Gasteiger partial charge in [-0.15, -0.1) is 12.4 Å². The van der Waals surface area contributed by atoms with E-state index in [1.165, 1.54) is 0 Å². The third-order valence-electron chi connectivity index (χ3n) is 2.37. The van der Waals surface area contributed by atoms with E-state index in [2.05, 4.69) is 4.98 Å². The number of carbonyl (C=O) groups is 1. The minimum Gasteiger partial charge on any atom is -0.339 e. The third-order valence-corrected chi connectivity index (χ3v) is 2.37. The second kappa shape index (κ2) is 6.45. The van der Waals surface area contributed by atoms with E-state index in [4.69, 9.17) is 5.73 Å². The van der Waals surface area contributed by atoms with Crippen molar-refractivity contribution in [2.45, 2.75) is 26.4 Å². The van der Waals surface area contributed by atoms with Crippen LogP contribution >= 0.6 is 12.4 Å². The van der Waals surface area contributed by atoms with Crippen molar-refractivity contribution < 1.29 is 4.79 Å². The molecule has 0 spiro atoms. The van der Waals surface area contributed by atoms with Crippen molar-refractivity contribution in [3.63, 3.8) is 0 Å². The van der Waals surface area contributed by atoms with Gasteiger partial charge in [-0.25, -0.2) is 0 Å². The van der Waals surface area contributed by atoms with Crippen molar-refractivity contribution in [3.8, 4) is 0 Å². The van der Waals surface area contributed by atoms with Crippen molar-refractivity contribution in [2.24, 2.45) is 5.73 Å². The van der Waals surface area contributed by atoms with Gasteiger partial charge in [-0.2, -0.15) is 0 Å². The summed E-state index contributed by atoms with van der Waals surface area (Å²) in [6, 6.07) is 3.63. The lowest BCUT2D eigenvalue weighted by Crippen LogP contribution is -2.33. The molecule has 0 aliphatic carbocycles. The van der Waals surface area contributed by atoms with Gasteiger partial charge in [-0.1, -0.05) is 0 Å². The molecule has 5 heteroatoms. The molecule has 0 saturated carbocycles. The van der Waals surface area contributed by atoms with Crippen LogP contribution in [-0.4, -0.2) is 28.9 Å². The maximum Gasteiger partial charge on any atom is 0.253 e. The number of nitrogens with zero attached hydrogens (tertiary/aromatic N) is 2. The molecule has 1 aromatic heterocycles. The predicted molar refractivity (Wildman–Crippen MR) is 66.6 cm³/mol. The quantitative estimate of drug-likeness (QED) is 0.874. The first kappa shape index (κ1) is 14.9. The number of nitrogens with two attached hydrogens (primary N) is 1. The summed E-state index contributed by atoms with van der Waals surface area (Å²) in [5, 5.41) is 0. The van der Waals surface area contributed by atoms with E-state index in [0.717, 1.165) is 5.69 Å². The largest absolute Gasteiger partial charge is 0.339 e. The molecule has 0 aliphatic rings. The number of carbonyl (C=O) groups excluding carboxylic acids is 1. The van der Waals surface area contributed by atoms with E-state index < -0.39 is 0 Å². The van der Waals surface area contributed by atoms with E-state index in [1.54, 1.807) is 30.3 Å². The molecule has 2 N–H and O–H groups in total. The molecule has 1 aromatic rings. The van der Waals surface area contributed by atoms with Crippen molar-refractivity contribution in [1.29, 1.82) is 0 Å². The van der Waals surface area contributed by atoms with Crippen molar-refractivity contribution in [1.82, 2.24) is 9.88 Å². The Hall–Kier alpha value is -1.13. The second-order valence-corrected chi connectivity index (χ2v) is 3.75. The molecule has 0 radical (unpaired) electrons. The number of halogens is 1. The fraction of sp³-hybridized carbons (Fsp3) is 0.455. The molecule has 1 amide bonds. The van der Waals surface area contributed by atoms with Gasteiger partial charge < -0.3 is 10.6 Å². The van der Waals surface area contributed by atoms with Gasteiger partial charge in [0.15, 0.2) is 0 Å². The van der Waals surface area contributed by atoms with Gasteiger partial charge in [0.25, 0.3) is 5.91 Å². The number of aromatic nitrogens is 1. The van der Waals surface area contributed by atoms with E-state index in [1.807, 2.05) is 13.8 Å². The Morgan fingerprint density at radius 3 is 2.69 bits per heavy atom. The molecule has 0 bridgehead atoms. The average Bonchev–Trinajstić information content (AvgIpc) is 2.27. The maximum atomic E-state index is 11.9. The molecular weight excluding hydrogens is 226 g/mol. The van der Waals surface area contributed by atoms with Crippen molar-refractivity contribution in [2.75, 3.05) is 7.05 Å². The first-order chi connectivity index (χ1) is 7.06. The standard InChI is InChI=1S/C11H17N3O.ClH/c1-8(2)14(3)11(15)9-4-5-13-10(6-9)7-12;/h4-6,8H,7,12H2,1-3H3;1H. The zero-order valence-corrected chi connectivity index (χ0v) is 10.6. The lowest BCUT2D eigenvalue weighted by Gasteiger charge is -2.21. The summed E-state index contributed by atoms with van der Waals surface area (Å²) < 4.78 is 0. The van der Waals surface area contributed by atoms with Crippen LogP contribution in [-0.2, 0) is 6.54 Å². The van der Waals surface area contributed by atoms with Gasteiger partial charge >= 0.3 is 0 Å². The maximum absolute atomic E-state index is 11.9. The van der Waals surface area contributed by atoms with Gasteiger partial charge in [-0.3, -0.25) is 9.78 Å². The molecule has 1 heterocycles. The fourth-order valence-electron chi connectivity index (χ4n) is 1.16.